The minimum atomic E-state index is -0.902. The minimum absolute atomic E-state index is 0.0175. The molecule has 0 radical (unpaired) electrons. The predicted molar refractivity (Wildman–Crippen MR) is 126 cm³/mol. The van der Waals surface area contributed by atoms with Crippen LogP contribution in [0, 0.1) is 0 Å². The number of pyridine rings is 1. The van der Waals surface area contributed by atoms with E-state index in [1.807, 2.05) is 6.07 Å². The van der Waals surface area contributed by atoms with Crippen molar-refractivity contribution in [1.29, 1.82) is 0 Å². The number of aromatic nitrogens is 1. The van der Waals surface area contributed by atoms with Crippen molar-refractivity contribution in [3.8, 4) is 11.3 Å². The topological polar surface area (TPSA) is 22.1 Å². The molecular formula is C27H24NOP. The lowest BCUT2D eigenvalue weighted by atomic mass is 9.93. The predicted octanol–water partition coefficient (Wildman–Crippen LogP) is 6.19. The number of hydrogen-bond donors (Lipinski definition) is 0. The summed E-state index contributed by atoms with van der Waals surface area (Å²) in [4.78, 5) is 5.09. The van der Waals surface area contributed by atoms with Gasteiger partial charge in [0, 0.05) is 16.2 Å². The molecule has 30 heavy (non-hydrogen) atoms. The highest BCUT2D eigenvalue weighted by molar-refractivity contribution is 7.68. The Kier molecular flexibility index (Phi) is 5.70. The van der Waals surface area contributed by atoms with Crippen LogP contribution < -0.4 is 10.6 Å². The third-order valence-corrected chi connectivity index (χ3v) is 7.51. The van der Waals surface area contributed by atoms with Crippen molar-refractivity contribution in [2.75, 3.05) is 0 Å². The minimum Gasteiger partial charge on any atom is -0.340 e. The van der Waals surface area contributed by atoms with Gasteiger partial charge in [-0.3, -0.25) is 0 Å². The van der Waals surface area contributed by atoms with E-state index in [1.165, 1.54) is 16.2 Å². The SMILES string of the molecule is c1ccc(-c2ccc3c(n2)C(OP(c2ccccc2)c2ccccc2)CCC3)cc1. The summed E-state index contributed by atoms with van der Waals surface area (Å²) >= 11 is 0. The molecule has 0 aliphatic heterocycles. The molecule has 1 aromatic heterocycles. The molecule has 1 aliphatic rings. The average Bonchev–Trinajstić information content (AvgIpc) is 2.84. The molecule has 5 rings (SSSR count). The van der Waals surface area contributed by atoms with Gasteiger partial charge in [0.05, 0.1) is 19.5 Å². The molecule has 0 amide bonds. The van der Waals surface area contributed by atoms with Crippen molar-refractivity contribution >= 4 is 18.8 Å². The van der Waals surface area contributed by atoms with Gasteiger partial charge in [-0.2, -0.15) is 0 Å². The van der Waals surface area contributed by atoms with Gasteiger partial charge in [-0.05, 0) is 30.9 Å². The Morgan fingerprint density at radius 3 is 1.93 bits per heavy atom. The quantitative estimate of drug-likeness (QED) is 0.367. The molecule has 3 aromatic carbocycles. The van der Waals surface area contributed by atoms with Crippen molar-refractivity contribution in [3.05, 3.63) is 114 Å². The van der Waals surface area contributed by atoms with Crippen molar-refractivity contribution in [1.82, 2.24) is 4.98 Å². The van der Waals surface area contributed by atoms with E-state index in [-0.39, 0.29) is 6.10 Å². The van der Waals surface area contributed by atoms with Gasteiger partial charge in [0.1, 0.15) is 6.10 Å². The lowest BCUT2D eigenvalue weighted by Gasteiger charge is -2.29. The van der Waals surface area contributed by atoms with Gasteiger partial charge in [-0.25, -0.2) is 4.98 Å². The first kappa shape index (κ1) is 19.2. The van der Waals surface area contributed by atoms with E-state index in [2.05, 4.69) is 97.1 Å². The van der Waals surface area contributed by atoms with Crippen molar-refractivity contribution in [2.24, 2.45) is 0 Å². The Morgan fingerprint density at radius 1 is 0.700 bits per heavy atom. The number of hydrogen-bond acceptors (Lipinski definition) is 2. The molecule has 3 heteroatoms. The van der Waals surface area contributed by atoms with Crippen LogP contribution in [0.2, 0.25) is 0 Å². The maximum atomic E-state index is 6.88. The fourth-order valence-corrected chi connectivity index (χ4v) is 5.89. The van der Waals surface area contributed by atoms with E-state index in [0.29, 0.717) is 0 Å². The zero-order valence-corrected chi connectivity index (χ0v) is 17.7. The highest BCUT2D eigenvalue weighted by Gasteiger charge is 2.27. The first-order chi connectivity index (χ1) is 14.9. The molecule has 0 saturated heterocycles. The van der Waals surface area contributed by atoms with Crippen LogP contribution in [0.1, 0.15) is 30.2 Å². The van der Waals surface area contributed by atoms with Crippen molar-refractivity contribution in [3.63, 3.8) is 0 Å². The van der Waals surface area contributed by atoms with Gasteiger partial charge in [-0.1, -0.05) is 97.1 Å². The summed E-state index contributed by atoms with van der Waals surface area (Å²) in [5.74, 6) is 0. The van der Waals surface area contributed by atoms with Gasteiger partial charge >= 0.3 is 0 Å². The molecule has 0 fully saturated rings. The maximum Gasteiger partial charge on any atom is 0.105 e. The maximum absolute atomic E-state index is 6.88. The zero-order valence-electron chi connectivity index (χ0n) is 16.8. The molecule has 0 bridgehead atoms. The summed E-state index contributed by atoms with van der Waals surface area (Å²) in [5.41, 5.74) is 4.61. The molecular weight excluding hydrogens is 385 g/mol. The Balaban J connectivity index is 1.51. The second-order valence-electron chi connectivity index (χ2n) is 7.56. The Labute approximate surface area is 179 Å². The van der Waals surface area contributed by atoms with Crippen LogP contribution in [-0.4, -0.2) is 4.98 Å². The van der Waals surface area contributed by atoms with E-state index < -0.39 is 8.15 Å². The molecule has 0 saturated carbocycles. The lowest BCUT2D eigenvalue weighted by Crippen LogP contribution is -2.19. The molecule has 1 unspecified atom stereocenters. The number of fused-ring (bicyclic) bond motifs is 1. The summed E-state index contributed by atoms with van der Waals surface area (Å²) in [6.45, 7) is 0. The van der Waals surface area contributed by atoms with Crippen LogP contribution in [0.5, 0.6) is 0 Å². The van der Waals surface area contributed by atoms with E-state index in [9.17, 15) is 0 Å². The highest BCUT2D eigenvalue weighted by atomic mass is 31.1. The van der Waals surface area contributed by atoms with E-state index in [0.717, 1.165) is 36.2 Å². The van der Waals surface area contributed by atoms with Crippen LogP contribution in [0.3, 0.4) is 0 Å². The normalized spacial score (nSPS) is 15.7. The largest absolute Gasteiger partial charge is 0.340 e. The van der Waals surface area contributed by atoms with E-state index >= 15 is 0 Å². The van der Waals surface area contributed by atoms with Crippen LogP contribution >= 0.6 is 8.15 Å². The lowest BCUT2D eigenvalue weighted by molar-refractivity contribution is 0.205. The van der Waals surface area contributed by atoms with E-state index in [4.69, 9.17) is 9.51 Å². The number of benzene rings is 3. The van der Waals surface area contributed by atoms with Crippen LogP contribution in [0.4, 0.5) is 0 Å². The molecule has 4 aromatic rings. The third-order valence-electron chi connectivity index (χ3n) is 5.51. The second-order valence-corrected chi connectivity index (χ2v) is 9.39. The smallest absolute Gasteiger partial charge is 0.105 e. The number of aryl methyl sites for hydroxylation is 1. The molecule has 0 N–H and O–H groups in total. The standard InChI is InChI=1S/C27H24NOP/c1-4-11-21(12-5-1)25-20-19-22-13-10-18-26(27(22)28-25)29-30(23-14-6-2-7-15-23)24-16-8-3-9-17-24/h1-9,11-12,14-17,19-20,26H,10,13,18H2. The van der Waals surface area contributed by atoms with Crippen molar-refractivity contribution in [2.45, 2.75) is 25.4 Å². The average molecular weight is 409 g/mol. The second kappa shape index (κ2) is 8.92. The molecule has 2 nitrogen and oxygen atoms in total. The molecule has 0 spiro atoms. The summed E-state index contributed by atoms with van der Waals surface area (Å²) in [6, 6.07) is 36.0. The zero-order chi connectivity index (χ0) is 20.2. The van der Waals surface area contributed by atoms with Gasteiger partial charge in [0.15, 0.2) is 0 Å². The van der Waals surface area contributed by atoms with Crippen LogP contribution in [0.15, 0.2) is 103 Å². The summed E-state index contributed by atoms with van der Waals surface area (Å²) in [6.07, 6.45) is 3.24. The van der Waals surface area contributed by atoms with Gasteiger partial charge in [-0.15, -0.1) is 0 Å². The summed E-state index contributed by atoms with van der Waals surface area (Å²) < 4.78 is 6.88. The Morgan fingerprint density at radius 2 is 1.30 bits per heavy atom. The van der Waals surface area contributed by atoms with Gasteiger partial charge in [0.25, 0.3) is 0 Å². The fraction of sp³-hybridized carbons (Fsp3) is 0.148. The molecule has 1 aliphatic carbocycles. The molecule has 1 atom stereocenters. The fourth-order valence-electron chi connectivity index (χ4n) is 4.01. The summed E-state index contributed by atoms with van der Waals surface area (Å²) in [5, 5.41) is 2.48. The molecule has 1 heterocycles. The van der Waals surface area contributed by atoms with Gasteiger partial charge < -0.3 is 4.52 Å². The van der Waals surface area contributed by atoms with E-state index in [1.54, 1.807) is 0 Å². The Bertz CT molecular complexity index is 1060. The molecule has 148 valence electrons. The highest BCUT2D eigenvalue weighted by Crippen LogP contribution is 2.44. The first-order valence-corrected chi connectivity index (χ1v) is 11.8. The Hall–Kier alpha value is -2.80. The summed E-state index contributed by atoms with van der Waals surface area (Å²) in [7, 11) is -0.902. The van der Waals surface area contributed by atoms with Crippen molar-refractivity contribution < 1.29 is 4.52 Å². The number of rotatable bonds is 5. The van der Waals surface area contributed by atoms with Crippen LogP contribution in [0.25, 0.3) is 11.3 Å². The first-order valence-electron chi connectivity index (χ1n) is 10.5. The monoisotopic (exact) mass is 409 g/mol. The van der Waals surface area contributed by atoms with Crippen LogP contribution in [-0.2, 0) is 10.9 Å². The van der Waals surface area contributed by atoms with Gasteiger partial charge in [0.2, 0.25) is 0 Å². The third kappa shape index (κ3) is 4.07. The number of nitrogens with zero attached hydrogens (tertiary/aromatic N) is 1.